The van der Waals surface area contributed by atoms with Gasteiger partial charge in [-0.25, -0.2) is 0 Å². The van der Waals surface area contributed by atoms with E-state index in [9.17, 15) is 4.79 Å². The van der Waals surface area contributed by atoms with Gasteiger partial charge in [0, 0.05) is 45.6 Å². The number of rotatable bonds is 8. The number of nitrogens with zero attached hydrogens (tertiary/aromatic N) is 4. The van der Waals surface area contributed by atoms with Gasteiger partial charge in [-0.1, -0.05) is 30.3 Å². The molecule has 1 fully saturated rings. The molecule has 0 spiro atoms. The summed E-state index contributed by atoms with van der Waals surface area (Å²) in [4.78, 5) is 18.7. The SMILES string of the molecule is CN=C(NCCCn1cccn1)NCC(=O)N1CCC(Cc2ccccc2)CC1.I. The number of carbonyl (C=O) groups is 1. The van der Waals surface area contributed by atoms with Gasteiger partial charge in [0.15, 0.2) is 5.96 Å². The van der Waals surface area contributed by atoms with E-state index in [1.54, 1.807) is 13.2 Å². The van der Waals surface area contributed by atoms with E-state index in [1.807, 2.05) is 21.8 Å². The van der Waals surface area contributed by atoms with Gasteiger partial charge < -0.3 is 15.5 Å². The normalized spacial score (nSPS) is 14.8. The maximum atomic E-state index is 12.5. The summed E-state index contributed by atoms with van der Waals surface area (Å²) in [7, 11) is 1.72. The number of carbonyl (C=O) groups excluding carboxylic acids is 1. The van der Waals surface area contributed by atoms with Crippen LogP contribution in [0.3, 0.4) is 0 Å². The van der Waals surface area contributed by atoms with Crippen LogP contribution < -0.4 is 10.6 Å². The van der Waals surface area contributed by atoms with E-state index in [4.69, 9.17) is 0 Å². The molecule has 1 aliphatic heterocycles. The molecule has 2 aromatic rings. The third kappa shape index (κ3) is 7.97. The number of guanidine groups is 1. The Morgan fingerprint density at radius 2 is 1.93 bits per heavy atom. The number of aromatic nitrogens is 2. The fraction of sp³-hybridized carbons (Fsp3) is 0.500. The molecule has 1 aliphatic rings. The minimum Gasteiger partial charge on any atom is -0.356 e. The van der Waals surface area contributed by atoms with Gasteiger partial charge in [-0.2, -0.15) is 5.10 Å². The molecule has 8 heteroatoms. The first kappa shape index (κ1) is 24.2. The van der Waals surface area contributed by atoms with E-state index >= 15 is 0 Å². The number of piperidine rings is 1. The molecule has 2 heterocycles. The predicted molar refractivity (Wildman–Crippen MR) is 131 cm³/mol. The fourth-order valence-electron chi connectivity index (χ4n) is 3.71. The highest BCUT2D eigenvalue weighted by Crippen LogP contribution is 2.21. The van der Waals surface area contributed by atoms with Crippen LogP contribution >= 0.6 is 24.0 Å². The largest absolute Gasteiger partial charge is 0.356 e. The molecule has 164 valence electrons. The van der Waals surface area contributed by atoms with E-state index in [0.717, 1.165) is 51.9 Å². The maximum absolute atomic E-state index is 12.5. The van der Waals surface area contributed by atoms with Crippen molar-refractivity contribution >= 4 is 35.8 Å². The molecule has 1 saturated heterocycles. The summed E-state index contributed by atoms with van der Waals surface area (Å²) in [5, 5.41) is 10.6. The molecule has 0 atom stereocenters. The van der Waals surface area contributed by atoms with Crippen LogP contribution in [-0.4, -0.2) is 59.8 Å². The molecular weight excluding hydrogens is 491 g/mol. The molecule has 1 amide bonds. The Morgan fingerprint density at radius 3 is 2.60 bits per heavy atom. The summed E-state index contributed by atoms with van der Waals surface area (Å²) in [6.45, 7) is 3.59. The van der Waals surface area contributed by atoms with Crippen molar-refractivity contribution in [2.75, 3.05) is 33.2 Å². The number of hydrogen-bond donors (Lipinski definition) is 2. The van der Waals surface area contributed by atoms with Crippen molar-refractivity contribution in [3.05, 3.63) is 54.4 Å². The first-order chi connectivity index (χ1) is 14.2. The standard InChI is InChI=1S/C22H32N6O.HI/c1-23-22(24-11-5-13-28-14-6-12-26-28)25-18-21(29)27-15-9-20(10-16-27)17-19-7-3-2-4-8-19;/h2-4,6-8,12,14,20H,5,9-11,13,15-18H2,1H3,(H2,23,24,25);1H. The van der Waals surface area contributed by atoms with Gasteiger partial charge in [-0.3, -0.25) is 14.5 Å². The van der Waals surface area contributed by atoms with Crippen molar-refractivity contribution in [2.45, 2.75) is 32.2 Å². The molecule has 0 unspecified atom stereocenters. The second-order valence-corrected chi connectivity index (χ2v) is 7.49. The maximum Gasteiger partial charge on any atom is 0.241 e. The zero-order chi connectivity index (χ0) is 20.3. The Morgan fingerprint density at radius 1 is 1.17 bits per heavy atom. The van der Waals surface area contributed by atoms with Crippen LogP contribution in [0.2, 0.25) is 0 Å². The molecular formula is C22H33IN6O. The van der Waals surface area contributed by atoms with Crippen molar-refractivity contribution in [3.63, 3.8) is 0 Å². The van der Waals surface area contributed by atoms with Crippen molar-refractivity contribution < 1.29 is 4.79 Å². The minimum absolute atomic E-state index is 0. The highest BCUT2D eigenvalue weighted by atomic mass is 127. The zero-order valence-corrected chi connectivity index (χ0v) is 20.0. The third-order valence-corrected chi connectivity index (χ3v) is 5.38. The Labute approximate surface area is 196 Å². The topological polar surface area (TPSA) is 74.5 Å². The lowest BCUT2D eigenvalue weighted by atomic mass is 9.90. The summed E-state index contributed by atoms with van der Waals surface area (Å²) < 4.78 is 1.91. The van der Waals surface area contributed by atoms with Crippen molar-refractivity contribution in [2.24, 2.45) is 10.9 Å². The lowest BCUT2D eigenvalue weighted by Crippen LogP contribution is -2.47. The van der Waals surface area contributed by atoms with Crippen LogP contribution in [0, 0.1) is 5.92 Å². The van der Waals surface area contributed by atoms with Gasteiger partial charge in [0.25, 0.3) is 0 Å². The lowest BCUT2D eigenvalue weighted by Gasteiger charge is -2.32. The Bertz CT molecular complexity index is 757. The monoisotopic (exact) mass is 524 g/mol. The first-order valence-electron chi connectivity index (χ1n) is 10.5. The number of nitrogens with one attached hydrogen (secondary N) is 2. The molecule has 0 saturated carbocycles. The highest BCUT2D eigenvalue weighted by molar-refractivity contribution is 14.0. The fourth-order valence-corrected chi connectivity index (χ4v) is 3.71. The number of amides is 1. The van der Waals surface area contributed by atoms with E-state index < -0.39 is 0 Å². The zero-order valence-electron chi connectivity index (χ0n) is 17.7. The lowest BCUT2D eigenvalue weighted by molar-refractivity contribution is -0.131. The smallest absolute Gasteiger partial charge is 0.241 e. The van der Waals surface area contributed by atoms with Crippen molar-refractivity contribution in [1.82, 2.24) is 25.3 Å². The van der Waals surface area contributed by atoms with Gasteiger partial charge >= 0.3 is 0 Å². The molecule has 2 N–H and O–H groups in total. The van der Waals surface area contributed by atoms with E-state index in [2.05, 4.69) is 51.1 Å². The summed E-state index contributed by atoms with van der Waals surface area (Å²) in [6.07, 6.45) is 7.92. The highest BCUT2D eigenvalue weighted by Gasteiger charge is 2.22. The van der Waals surface area contributed by atoms with Crippen LogP contribution in [0.1, 0.15) is 24.8 Å². The summed E-state index contributed by atoms with van der Waals surface area (Å²) >= 11 is 0. The van der Waals surface area contributed by atoms with Crippen LogP contribution in [0.25, 0.3) is 0 Å². The average Bonchev–Trinajstić information content (AvgIpc) is 3.28. The molecule has 1 aromatic heterocycles. The summed E-state index contributed by atoms with van der Waals surface area (Å²) in [5.41, 5.74) is 1.39. The van der Waals surface area contributed by atoms with Gasteiger partial charge in [0.05, 0.1) is 6.54 Å². The number of likely N-dealkylation sites (tertiary alicyclic amines) is 1. The molecule has 30 heavy (non-hydrogen) atoms. The second-order valence-electron chi connectivity index (χ2n) is 7.49. The number of aliphatic imine (C=N–C) groups is 1. The Balaban J connectivity index is 0.00000320. The van der Waals surface area contributed by atoms with Gasteiger partial charge in [0.1, 0.15) is 0 Å². The Kier molecular flexibility index (Phi) is 10.7. The van der Waals surface area contributed by atoms with Crippen LogP contribution in [0.5, 0.6) is 0 Å². The molecule has 0 aliphatic carbocycles. The van der Waals surface area contributed by atoms with E-state index in [1.165, 1.54) is 5.56 Å². The van der Waals surface area contributed by atoms with Gasteiger partial charge in [0.2, 0.25) is 5.91 Å². The minimum atomic E-state index is 0. The molecule has 3 rings (SSSR count). The van der Waals surface area contributed by atoms with E-state index in [0.29, 0.717) is 11.9 Å². The van der Waals surface area contributed by atoms with Crippen LogP contribution in [-0.2, 0) is 17.8 Å². The first-order valence-corrected chi connectivity index (χ1v) is 10.5. The average molecular weight is 524 g/mol. The van der Waals surface area contributed by atoms with Crippen molar-refractivity contribution in [1.29, 1.82) is 0 Å². The molecule has 7 nitrogen and oxygen atoms in total. The Hall–Kier alpha value is -2.10. The molecule has 1 aromatic carbocycles. The van der Waals surface area contributed by atoms with Crippen molar-refractivity contribution in [3.8, 4) is 0 Å². The number of benzene rings is 1. The number of aryl methyl sites for hydroxylation is 1. The molecule has 0 bridgehead atoms. The van der Waals surface area contributed by atoms with Gasteiger partial charge in [-0.05, 0) is 43.2 Å². The summed E-state index contributed by atoms with van der Waals surface area (Å²) in [5.74, 6) is 1.47. The van der Waals surface area contributed by atoms with Crippen LogP contribution in [0.4, 0.5) is 0 Å². The van der Waals surface area contributed by atoms with Gasteiger partial charge in [-0.15, -0.1) is 24.0 Å². The third-order valence-electron chi connectivity index (χ3n) is 5.38. The van der Waals surface area contributed by atoms with E-state index in [-0.39, 0.29) is 36.4 Å². The number of halogens is 1. The quantitative estimate of drug-likeness (QED) is 0.241. The van der Waals surface area contributed by atoms with Crippen LogP contribution in [0.15, 0.2) is 53.8 Å². The second kappa shape index (κ2) is 13.3. The summed E-state index contributed by atoms with van der Waals surface area (Å²) in [6, 6.07) is 12.5. The predicted octanol–water partition coefficient (Wildman–Crippen LogP) is 2.54. The number of hydrogen-bond acceptors (Lipinski definition) is 3. The molecule has 0 radical (unpaired) electrons.